The average molecular weight is 497 g/mol. The molecule has 0 spiro atoms. The van der Waals surface area contributed by atoms with Crippen LogP contribution in [-0.2, 0) is 27.9 Å². The second-order valence-corrected chi connectivity index (χ2v) is 8.68. The van der Waals surface area contributed by atoms with Gasteiger partial charge in [-0.25, -0.2) is 4.79 Å². The first kappa shape index (κ1) is 24.3. The first-order valence-electron chi connectivity index (χ1n) is 11.1. The van der Waals surface area contributed by atoms with Gasteiger partial charge in [-0.1, -0.05) is 60.1 Å². The van der Waals surface area contributed by atoms with Crippen molar-refractivity contribution in [2.45, 2.75) is 31.3 Å². The second-order valence-electron chi connectivity index (χ2n) is 8.27. The lowest BCUT2D eigenvalue weighted by atomic mass is 9.98. The summed E-state index contributed by atoms with van der Waals surface area (Å²) < 4.78 is 7.01. The van der Waals surface area contributed by atoms with Crippen LogP contribution in [0.4, 0.5) is 4.79 Å². The van der Waals surface area contributed by atoms with Gasteiger partial charge in [0.15, 0.2) is 0 Å². The molecule has 0 radical (unpaired) electrons. The lowest BCUT2D eigenvalue weighted by molar-refractivity contribution is -0.137. The number of nitrogens with one attached hydrogen (secondary N) is 2. The number of aliphatic carboxylic acids is 1. The van der Waals surface area contributed by atoms with Gasteiger partial charge in [-0.3, -0.25) is 14.3 Å². The van der Waals surface area contributed by atoms with Gasteiger partial charge in [0, 0.05) is 25.6 Å². The number of benzene rings is 2. The number of nitrogens with zero attached hydrogens (tertiary/aromatic N) is 2. The fourth-order valence-electron chi connectivity index (χ4n) is 4.24. The van der Waals surface area contributed by atoms with Gasteiger partial charge in [0.05, 0.1) is 11.6 Å². The molecule has 1 atom stereocenters. The normalized spacial score (nSPS) is 13.0. The van der Waals surface area contributed by atoms with Crippen molar-refractivity contribution in [2.24, 2.45) is 7.05 Å². The number of carboxylic acid groups (broad SMARTS) is 1. The fourth-order valence-corrected chi connectivity index (χ4v) is 4.48. The van der Waals surface area contributed by atoms with Crippen molar-refractivity contribution in [3.8, 4) is 11.1 Å². The van der Waals surface area contributed by atoms with Crippen LogP contribution in [0.1, 0.15) is 35.6 Å². The molecule has 10 heteroatoms. The molecule has 4 rings (SSSR count). The molecule has 182 valence electrons. The number of carbonyl (C=O) groups excluding carboxylic acids is 2. The van der Waals surface area contributed by atoms with Gasteiger partial charge in [0.2, 0.25) is 5.91 Å². The number of hydrogen-bond donors (Lipinski definition) is 3. The molecule has 2 aromatic carbocycles. The molecule has 1 unspecified atom stereocenters. The van der Waals surface area contributed by atoms with Crippen molar-refractivity contribution in [3.05, 3.63) is 76.6 Å². The minimum atomic E-state index is -1.09. The van der Waals surface area contributed by atoms with E-state index in [9.17, 15) is 14.4 Å². The van der Waals surface area contributed by atoms with Gasteiger partial charge >= 0.3 is 12.1 Å². The van der Waals surface area contributed by atoms with Gasteiger partial charge in [-0.15, -0.1) is 0 Å². The Morgan fingerprint density at radius 3 is 2.31 bits per heavy atom. The molecule has 3 N–H and O–H groups in total. The summed E-state index contributed by atoms with van der Waals surface area (Å²) >= 11 is 6.07. The number of aryl methyl sites for hydroxylation is 1. The molecule has 9 nitrogen and oxygen atoms in total. The number of hydrogen-bond acceptors (Lipinski definition) is 5. The lowest BCUT2D eigenvalue weighted by Crippen LogP contribution is -2.47. The van der Waals surface area contributed by atoms with E-state index in [1.807, 2.05) is 48.5 Å². The molecule has 1 aliphatic rings. The fraction of sp³-hybridized carbons (Fsp3) is 0.280. The standard InChI is InChI=1S/C25H25ClN4O5/c1-30-13-20(26)22(29-30)12-27-24(33)21(10-11-23(31)32)28-25(34)35-14-19-17-8-4-2-6-15(17)16-7-3-5-9-18(16)19/h2-9,13,19,21H,10-12,14H2,1H3,(H,27,33)(H,28,34)(H,31,32). The van der Waals surface area contributed by atoms with Crippen molar-refractivity contribution < 1.29 is 24.2 Å². The van der Waals surface area contributed by atoms with E-state index in [2.05, 4.69) is 15.7 Å². The highest BCUT2D eigenvalue weighted by Crippen LogP contribution is 2.44. The van der Waals surface area contributed by atoms with Gasteiger partial charge in [-0.05, 0) is 28.7 Å². The molecule has 0 bridgehead atoms. The van der Waals surface area contributed by atoms with Crippen molar-refractivity contribution in [1.29, 1.82) is 0 Å². The summed E-state index contributed by atoms with van der Waals surface area (Å²) in [5, 5.41) is 18.7. The van der Waals surface area contributed by atoms with Crippen LogP contribution in [0.5, 0.6) is 0 Å². The molecule has 0 aliphatic heterocycles. The molecule has 3 aromatic rings. The molecule has 1 aliphatic carbocycles. The van der Waals surface area contributed by atoms with E-state index in [1.165, 1.54) is 4.68 Å². The van der Waals surface area contributed by atoms with Crippen LogP contribution < -0.4 is 10.6 Å². The number of fused-ring (bicyclic) bond motifs is 3. The zero-order valence-corrected chi connectivity index (χ0v) is 19.8. The minimum absolute atomic E-state index is 0.0362. The summed E-state index contributed by atoms with van der Waals surface area (Å²) in [7, 11) is 1.70. The second kappa shape index (κ2) is 10.6. The Morgan fingerprint density at radius 2 is 1.74 bits per heavy atom. The summed E-state index contributed by atoms with van der Waals surface area (Å²) in [5.41, 5.74) is 4.79. The maximum Gasteiger partial charge on any atom is 0.407 e. The Balaban J connectivity index is 1.39. The summed E-state index contributed by atoms with van der Waals surface area (Å²) in [6.07, 6.45) is 0.404. The number of carboxylic acids is 1. The number of ether oxygens (including phenoxy) is 1. The third kappa shape index (κ3) is 5.63. The Hall–Kier alpha value is -3.85. The highest BCUT2D eigenvalue weighted by atomic mass is 35.5. The number of halogens is 1. The van der Waals surface area contributed by atoms with E-state index in [1.54, 1.807) is 13.2 Å². The predicted octanol–water partition coefficient (Wildman–Crippen LogP) is 3.46. The Kier molecular flexibility index (Phi) is 7.36. The van der Waals surface area contributed by atoms with Gasteiger partial charge in [-0.2, -0.15) is 5.10 Å². The molecule has 0 fully saturated rings. The summed E-state index contributed by atoms with van der Waals surface area (Å²) in [6, 6.07) is 14.8. The maximum absolute atomic E-state index is 12.7. The first-order valence-corrected chi connectivity index (χ1v) is 11.5. The van der Waals surface area contributed by atoms with Crippen molar-refractivity contribution in [1.82, 2.24) is 20.4 Å². The van der Waals surface area contributed by atoms with E-state index in [4.69, 9.17) is 21.4 Å². The number of rotatable bonds is 9. The Morgan fingerprint density at radius 1 is 1.11 bits per heavy atom. The SMILES string of the molecule is Cn1cc(Cl)c(CNC(=O)C(CCC(=O)O)NC(=O)OCC2c3ccccc3-c3ccccc32)n1. The van der Waals surface area contributed by atoms with E-state index >= 15 is 0 Å². The third-order valence-electron chi connectivity index (χ3n) is 5.88. The lowest BCUT2D eigenvalue weighted by Gasteiger charge is -2.19. The average Bonchev–Trinajstić information content (AvgIpc) is 3.34. The van der Waals surface area contributed by atoms with Crippen molar-refractivity contribution in [3.63, 3.8) is 0 Å². The van der Waals surface area contributed by atoms with Crippen LogP contribution >= 0.6 is 11.6 Å². The smallest absolute Gasteiger partial charge is 0.407 e. The maximum atomic E-state index is 12.7. The number of amides is 2. The van der Waals surface area contributed by atoms with Crippen LogP contribution in [0.2, 0.25) is 5.02 Å². The molecule has 0 saturated heterocycles. The van der Waals surface area contributed by atoms with Crippen LogP contribution in [-0.4, -0.2) is 45.5 Å². The molecule has 2 amide bonds. The van der Waals surface area contributed by atoms with Crippen LogP contribution in [0.15, 0.2) is 54.7 Å². The monoisotopic (exact) mass is 496 g/mol. The van der Waals surface area contributed by atoms with E-state index in [0.717, 1.165) is 22.3 Å². The highest BCUT2D eigenvalue weighted by molar-refractivity contribution is 6.31. The number of carbonyl (C=O) groups is 3. The summed E-state index contributed by atoms with van der Waals surface area (Å²) in [4.78, 5) is 36.4. The number of alkyl carbamates (subject to hydrolysis) is 1. The quantitative estimate of drug-likeness (QED) is 0.417. The minimum Gasteiger partial charge on any atom is -0.481 e. The van der Waals surface area contributed by atoms with E-state index in [0.29, 0.717) is 10.7 Å². The van der Waals surface area contributed by atoms with Crippen molar-refractivity contribution >= 4 is 29.6 Å². The molecule has 0 saturated carbocycles. The summed E-state index contributed by atoms with van der Waals surface area (Å²) in [5.74, 6) is -1.77. The third-order valence-corrected chi connectivity index (χ3v) is 6.20. The van der Waals surface area contributed by atoms with E-state index in [-0.39, 0.29) is 31.9 Å². The predicted molar refractivity (Wildman–Crippen MR) is 129 cm³/mol. The summed E-state index contributed by atoms with van der Waals surface area (Å²) in [6.45, 7) is 0.116. The van der Waals surface area contributed by atoms with E-state index < -0.39 is 24.0 Å². The largest absolute Gasteiger partial charge is 0.481 e. The zero-order chi connectivity index (χ0) is 24.9. The van der Waals surface area contributed by atoms with Gasteiger partial charge < -0.3 is 20.5 Å². The van der Waals surface area contributed by atoms with Crippen LogP contribution in [0, 0.1) is 0 Å². The molecule has 35 heavy (non-hydrogen) atoms. The molecule has 1 aromatic heterocycles. The Bertz CT molecular complexity index is 1210. The number of aromatic nitrogens is 2. The molecule has 1 heterocycles. The topological polar surface area (TPSA) is 123 Å². The molecular weight excluding hydrogens is 472 g/mol. The Labute approximate surface area is 207 Å². The molecular formula is C25H25ClN4O5. The van der Waals surface area contributed by atoms with Crippen molar-refractivity contribution in [2.75, 3.05) is 6.61 Å². The zero-order valence-electron chi connectivity index (χ0n) is 19.0. The van der Waals surface area contributed by atoms with Crippen LogP contribution in [0.3, 0.4) is 0 Å². The highest BCUT2D eigenvalue weighted by Gasteiger charge is 2.30. The van der Waals surface area contributed by atoms with Gasteiger partial charge in [0.1, 0.15) is 18.3 Å². The first-order chi connectivity index (χ1) is 16.8. The van der Waals surface area contributed by atoms with Gasteiger partial charge in [0.25, 0.3) is 0 Å². The van der Waals surface area contributed by atoms with Crippen LogP contribution in [0.25, 0.3) is 11.1 Å².